The van der Waals surface area contributed by atoms with Crippen molar-refractivity contribution >= 4 is 15.3 Å². The summed E-state index contributed by atoms with van der Waals surface area (Å²) in [7, 11) is -1.57. The van der Waals surface area contributed by atoms with Crippen LogP contribution in [-0.2, 0) is 0 Å². The molecular formula is C35H76ClPSi. The van der Waals surface area contributed by atoms with E-state index in [9.17, 15) is 0 Å². The topological polar surface area (TPSA) is 0 Å². The molecule has 0 aromatic heterocycles. The molecular weight excluding hydrogens is 515 g/mol. The van der Waals surface area contributed by atoms with Gasteiger partial charge in [-0.15, -0.1) is 0 Å². The molecule has 0 rings (SSSR count). The first-order chi connectivity index (χ1) is 17.9. The van der Waals surface area contributed by atoms with Gasteiger partial charge in [-0.25, -0.2) is 0 Å². The van der Waals surface area contributed by atoms with Crippen LogP contribution in [-0.4, -0.2) is 32.7 Å². The standard InChI is InChI=1S/C35H76PSi.ClH/c1-7-10-13-16-17-18-19-20-21-22-23-28-33-36(31-26-14-11-8-2,32-27-15-12-9-3)34-29-24-25-30-35-37(4,5)6;/h7-35H2,1-6H3;1H/q+1;/p-1. The zero-order valence-electron chi connectivity index (χ0n) is 27.8. The Morgan fingerprint density at radius 3 is 0.868 bits per heavy atom. The van der Waals surface area contributed by atoms with Crippen LogP contribution in [0, 0.1) is 0 Å². The second kappa shape index (κ2) is 29.4. The van der Waals surface area contributed by atoms with Crippen LogP contribution in [0.4, 0.5) is 0 Å². The van der Waals surface area contributed by atoms with Crippen molar-refractivity contribution in [2.24, 2.45) is 0 Å². The third-order valence-electron chi connectivity index (χ3n) is 8.77. The first-order valence-electron chi connectivity index (χ1n) is 17.7. The van der Waals surface area contributed by atoms with Crippen LogP contribution in [0.5, 0.6) is 0 Å². The molecule has 0 amide bonds. The summed E-state index contributed by atoms with van der Waals surface area (Å²) < 4.78 is 0. The molecule has 0 saturated heterocycles. The van der Waals surface area contributed by atoms with Gasteiger partial charge in [-0.3, -0.25) is 0 Å². The summed E-state index contributed by atoms with van der Waals surface area (Å²) in [5, 5.41) is 0. The minimum atomic E-state index is -0.842. The van der Waals surface area contributed by atoms with Gasteiger partial charge in [0.2, 0.25) is 0 Å². The monoisotopic (exact) mass is 591 g/mol. The van der Waals surface area contributed by atoms with Crippen molar-refractivity contribution in [1.29, 1.82) is 0 Å². The maximum atomic E-state index is 2.55. The van der Waals surface area contributed by atoms with Crippen molar-refractivity contribution in [3.63, 3.8) is 0 Å². The molecule has 0 nitrogen and oxygen atoms in total. The van der Waals surface area contributed by atoms with Crippen LogP contribution in [0.15, 0.2) is 0 Å². The van der Waals surface area contributed by atoms with Gasteiger partial charge in [-0.1, -0.05) is 149 Å². The third kappa shape index (κ3) is 28.5. The van der Waals surface area contributed by atoms with E-state index in [0.717, 1.165) is 0 Å². The molecule has 0 saturated carbocycles. The van der Waals surface area contributed by atoms with Gasteiger partial charge in [0.1, 0.15) is 0 Å². The maximum absolute atomic E-state index is 2.55. The van der Waals surface area contributed by atoms with E-state index < -0.39 is 15.3 Å². The summed E-state index contributed by atoms with van der Waals surface area (Å²) in [6.07, 6.45) is 42.3. The molecule has 0 N–H and O–H groups in total. The van der Waals surface area contributed by atoms with Crippen molar-refractivity contribution in [1.82, 2.24) is 0 Å². The molecule has 0 heterocycles. The van der Waals surface area contributed by atoms with Crippen molar-refractivity contribution < 1.29 is 12.4 Å². The first kappa shape index (κ1) is 41.1. The highest BCUT2D eigenvalue weighted by Gasteiger charge is 2.35. The fraction of sp³-hybridized carbons (Fsp3) is 1.00. The van der Waals surface area contributed by atoms with E-state index in [1.165, 1.54) is 128 Å². The van der Waals surface area contributed by atoms with Crippen molar-refractivity contribution in [2.45, 2.75) is 201 Å². The Labute approximate surface area is 252 Å². The Balaban J connectivity index is 0. The molecule has 0 aliphatic rings. The lowest BCUT2D eigenvalue weighted by Crippen LogP contribution is -3.00. The minimum absolute atomic E-state index is 0. The van der Waals surface area contributed by atoms with Crippen LogP contribution in [0.3, 0.4) is 0 Å². The molecule has 232 valence electrons. The number of hydrogen-bond donors (Lipinski definition) is 0. The summed E-state index contributed by atoms with van der Waals surface area (Å²) >= 11 is 0. The van der Waals surface area contributed by atoms with Crippen LogP contribution in [0.2, 0.25) is 25.7 Å². The highest BCUT2D eigenvalue weighted by atomic mass is 35.5. The Morgan fingerprint density at radius 1 is 0.342 bits per heavy atom. The van der Waals surface area contributed by atoms with E-state index in [1.807, 2.05) is 0 Å². The average Bonchev–Trinajstić information content (AvgIpc) is 2.86. The van der Waals surface area contributed by atoms with Gasteiger partial charge in [-0.2, -0.15) is 0 Å². The van der Waals surface area contributed by atoms with Crippen LogP contribution in [0.1, 0.15) is 175 Å². The third-order valence-corrected chi connectivity index (χ3v) is 15.7. The number of halogens is 1. The molecule has 0 spiro atoms. The van der Waals surface area contributed by atoms with Crippen molar-refractivity contribution in [2.75, 3.05) is 24.6 Å². The van der Waals surface area contributed by atoms with Crippen LogP contribution in [0.25, 0.3) is 0 Å². The van der Waals surface area contributed by atoms with E-state index in [2.05, 4.69) is 40.4 Å². The molecule has 0 aliphatic carbocycles. The lowest BCUT2D eigenvalue weighted by atomic mass is 10.1. The summed E-state index contributed by atoms with van der Waals surface area (Å²) in [6, 6.07) is 1.54. The van der Waals surface area contributed by atoms with Gasteiger partial charge in [0, 0.05) is 15.3 Å². The van der Waals surface area contributed by atoms with Gasteiger partial charge in [0.05, 0.1) is 24.6 Å². The Morgan fingerprint density at radius 2 is 0.579 bits per heavy atom. The highest BCUT2D eigenvalue weighted by molar-refractivity contribution is 7.75. The first-order valence-corrected chi connectivity index (χ1v) is 24.0. The fourth-order valence-electron chi connectivity index (χ4n) is 6.16. The van der Waals surface area contributed by atoms with Gasteiger partial charge in [-0.05, 0) is 51.4 Å². The fourth-order valence-corrected chi connectivity index (χ4v) is 12.4. The van der Waals surface area contributed by atoms with Crippen LogP contribution >= 0.6 is 7.26 Å². The average molecular weight is 592 g/mol. The molecule has 38 heavy (non-hydrogen) atoms. The van der Waals surface area contributed by atoms with Gasteiger partial charge < -0.3 is 12.4 Å². The Hall–Kier alpha value is 0.937. The normalized spacial score (nSPS) is 12.2. The summed E-state index contributed by atoms with van der Waals surface area (Å²) in [4.78, 5) is 0. The second-order valence-corrected chi connectivity index (χ2v) is 24.1. The highest BCUT2D eigenvalue weighted by Crippen LogP contribution is 2.61. The molecule has 3 heteroatoms. The van der Waals surface area contributed by atoms with E-state index >= 15 is 0 Å². The minimum Gasteiger partial charge on any atom is -1.00 e. The smallest absolute Gasteiger partial charge is 0.0594 e. The van der Waals surface area contributed by atoms with Crippen molar-refractivity contribution in [3.8, 4) is 0 Å². The largest absolute Gasteiger partial charge is 1.00 e. The number of hydrogen-bond acceptors (Lipinski definition) is 0. The zero-order valence-corrected chi connectivity index (χ0v) is 30.5. The van der Waals surface area contributed by atoms with E-state index in [1.54, 1.807) is 56.4 Å². The van der Waals surface area contributed by atoms with E-state index in [4.69, 9.17) is 0 Å². The van der Waals surface area contributed by atoms with E-state index in [0.29, 0.717) is 0 Å². The Bertz CT molecular complexity index is 436. The van der Waals surface area contributed by atoms with Gasteiger partial charge in [0.15, 0.2) is 0 Å². The Kier molecular flexibility index (Phi) is 31.8. The molecule has 0 fully saturated rings. The molecule has 0 atom stereocenters. The number of unbranched alkanes of at least 4 members (excludes halogenated alkanes) is 20. The van der Waals surface area contributed by atoms with Crippen molar-refractivity contribution in [3.05, 3.63) is 0 Å². The summed E-state index contributed by atoms with van der Waals surface area (Å²) in [5.74, 6) is 0. The van der Waals surface area contributed by atoms with Gasteiger partial charge >= 0.3 is 0 Å². The zero-order chi connectivity index (χ0) is 27.5. The lowest BCUT2D eigenvalue weighted by molar-refractivity contribution is -0.00000867. The van der Waals surface area contributed by atoms with E-state index in [-0.39, 0.29) is 12.4 Å². The predicted octanol–water partition coefficient (Wildman–Crippen LogP) is 10.8. The predicted molar refractivity (Wildman–Crippen MR) is 182 cm³/mol. The van der Waals surface area contributed by atoms with Gasteiger partial charge in [0.25, 0.3) is 0 Å². The molecule has 0 aromatic rings. The lowest BCUT2D eigenvalue weighted by Gasteiger charge is -2.28. The molecule has 0 unspecified atom stereocenters. The van der Waals surface area contributed by atoms with Crippen LogP contribution < -0.4 is 12.4 Å². The molecule has 0 radical (unpaired) electrons. The SMILES string of the molecule is CCCCCCCCCCCCCC[P+](CCCCCC)(CCCCCC)CCCCCC[Si](C)(C)C.[Cl-]. The summed E-state index contributed by atoms with van der Waals surface area (Å²) in [5.41, 5.74) is 0. The quantitative estimate of drug-likeness (QED) is 0.0443. The summed E-state index contributed by atoms with van der Waals surface area (Å²) in [6.45, 7) is 14.7. The molecule has 0 bridgehead atoms. The molecule has 0 aliphatic heterocycles. The second-order valence-electron chi connectivity index (χ2n) is 14.0. The molecule has 0 aromatic carbocycles. The maximum Gasteiger partial charge on any atom is 0.0594 e. The number of rotatable bonds is 30.